The van der Waals surface area contributed by atoms with Crippen LogP contribution in [0.2, 0.25) is 0 Å². The molecule has 0 heterocycles. The minimum absolute atomic E-state index is 0.278. The van der Waals surface area contributed by atoms with Crippen molar-refractivity contribution < 1.29 is 5.11 Å². The van der Waals surface area contributed by atoms with Gasteiger partial charge in [0.25, 0.3) is 0 Å². The Bertz CT molecular complexity index is 188. The van der Waals surface area contributed by atoms with E-state index in [0.29, 0.717) is 5.41 Å². The normalized spacial score (nSPS) is 35.6. The molecule has 0 bridgehead atoms. The van der Waals surface area contributed by atoms with E-state index in [9.17, 15) is 5.11 Å². The van der Waals surface area contributed by atoms with Crippen LogP contribution in [0.5, 0.6) is 0 Å². The van der Waals surface area contributed by atoms with Crippen molar-refractivity contribution in [2.75, 3.05) is 0 Å². The molecule has 1 N–H and O–H groups in total. The van der Waals surface area contributed by atoms with E-state index in [-0.39, 0.29) is 5.60 Å². The van der Waals surface area contributed by atoms with Crippen LogP contribution in [0.15, 0.2) is 0 Å². The number of unbranched alkanes of at least 4 members (excludes halogenated alkanes) is 1. The number of hydrogen-bond acceptors (Lipinski definition) is 1. The van der Waals surface area contributed by atoms with E-state index in [1.165, 1.54) is 51.4 Å². The Morgan fingerprint density at radius 1 is 1.00 bits per heavy atom. The van der Waals surface area contributed by atoms with E-state index >= 15 is 0 Å². The molecule has 2 fully saturated rings. The summed E-state index contributed by atoms with van der Waals surface area (Å²) >= 11 is 0. The van der Waals surface area contributed by atoms with Gasteiger partial charge in [-0.1, -0.05) is 32.6 Å². The zero-order chi connectivity index (χ0) is 10.1. The summed E-state index contributed by atoms with van der Waals surface area (Å²) in [6.07, 6.45) is 12.4. The minimum atomic E-state index is -0.278. The molecule has 2 aliphatic carbocycles. The number of hydrogen-bond donors (Lipinski definition) is 1. The van der Waals surface area contributed by atoms with Crippen LogP contribution in [0.3, 0.4) is 0 Å². The van der Waals surface area contributed by atoms with Gasteiger partial charge < -0.3 is 5.11 Å². The lowest BCUT2D eigenvalue weighted by Gasteiger charge is -2.40. The molecule has 14 heavy (non-hydrogen) atoms. The summed E-state index contributed by atoms with van der Waals surface area (Å²) in [5, 5.41) is 10.8. The second kappa shape index (κ2) is 3.84. The predicted molar refractivity (Wildman–Crippen MR) is 59.2 cm³/mol. The van der Waals surface area contributed by atoms with Crippen LogP contribution in [0.4, 0.5) is 0 Å². The van der Waals surface area contributed by atoms with Crippen molar-refractivity contribution in [3.05, 3.63) is 0 Å². The standard InChI is InChI=1S/C13H24O/c1-2-3-10-13(14)11-6-9-12(13)7-4-5-8-12/h14H,2-11H2,1H3. The van der Waals surface area contributed by atoms with Gasteiger partial charge in [-0.05, 0) is 43.9 Å². The Balaban J connectivity index is 2.07. The van der Waals surface area contributed by atoms with Gasteiger partial charge in [-0.2, -0.15) is 0 Å². The summed E-state index contributed by atoms with van der Waals surface area (Å²) in [5.41, 5.74) is 0.0711. The van der Waals surface area contributed by atoms with Gasteiger partial charge in [0, 0.05) is 0 Å². The lowest BCUT2D eigenvalue weighted by atomic mass is 9.70. The average molecular weight is 196 g/mol. The molecule has 0 radical (unpaired) electrons. The van der Waals surface area contributed by atoms with E-state index in [0.717, 1.165) is 12.8 Å². The first kappa shape index (κ1) is 10.5. The van der Waals surface area contributed by atoms with Crippen molar-refractivity contribution in [1.82, 2.24) is 0 Å². The van der Waals surface area contributed by atoms with Crippen LogP contribution >= 0.6 is 0 Å². The molecule has 1 spiro atoms. The van der Waals surface area contributed by atoms with Gasteiger partial charge in [-0.25, -0.2) is 0 Å². The van der Waals surface area contributed by atoms with Gasteiger partial charge in [0.1, 0.15) is 0 Å². The fourth-order valence-electron chi connectivity index (χ4n) is 3.84. The van der Waals surface area contributed by atoms with E-state index in [4.69, 9.17) is 0 Å². The van der Waals surface area contributed by atoms with Crippen LogP contribution in [-0.4, -0.2) is 10.7 Å². The van der Waals surface area contributed by atoms with Crippen LogP contribution < -0.4 is 0 Å². The minimum Gasteiger partial charge on any atom is -0.389 e. The molecular weight excluding hydrogens is 172 g/mol. The highest BCUT2D eigenvalue weighted by atomic mass is 16.3. The van der Waals surface area contributed by atoms with Gasteiger partial charge in [-0.3, -0.25) is 0 Å². The molecule has 82 valence electrons. The molecule has 0 amide bonds. The maximum Gasteiger partial charge on any atom is 0.0703 e. The lowest BCUT2D eigenvalue weighted by Crippen LogP contribution is -2.42. The smallest absolute Gasteiger partial charge is 0.0703 e. The summed E-state index contributed by atoms with van der Waals surface area (Å²) < 4.78 is 0. The van der Waals surface area contributed by atoms with E-state index in [2.05, 4.69) is 6.92 Å². The molecular formula is C13H24O. The Morgan fingerprint density at radius 2 is 1.64 bits per heavy atom. The fraction of sp³-hybridized carbons (Fsp3) is 1.00. The van der Waals surface area contributed by atoms with E-state index < -0.39 is 0 Å². The fourth-order valence-corrected chi connectivity index (χ4v) is 3.84. The lowest BCUT2D eigenvalue weighted by molar-refractivity contribution is -0.0664. The second-order valence-corrected chi connectivity index (χ2v) is 5.48. The Hall–Kier alpha value is -0.0400. The molecule has 0 aromatic rings. The summed E-state index contributed by atoms with van der Waals surface area (Å²) in [6, 6.07) is 0. The predicted octanol–water partition coefficient (Wildman–Crippen LogP) is 3.65. The highest BCUT2D eigenvalue weighted by Crippen LogP contribution is 2.58. The average Bonchev–Trinajstić information content (AvgIpc) is 2.75. The maximum absolute atomic E-state index is 10.8. The van der Waals surface area contributed by atoms with Gasteiger partial charge in [0.15, 0.2) is 0 Å². The third-order valence-electron chi connectivity index (χ3n) is 4.74. The highest BCUT2D eigenvalue weighted by molar-refractivity contribution is 5.05. The number of aliphatic hydroxyl groups is 1. The summed E-state index contributed by atoms with van der Waals surface area (Å²) in [6.45, 7) is 2.22. The van der Waals surface area contributed by atoms with Crippen molar-refractivity contribution in [3.8, 4) is 0 Å². The van der Waals surface area contributed by atoms with E-state index in [1.54, 1.807) is 0 Å². The zero-order valence-electron chi connectivity index (χ0n) is 9.52. The Morgan fingerprint density at radius 3 is 2.29 bits per heavy atom. The molecule has 1 unspecified atom stereocenters. The van der Waals surface area contributed by atoms with Gasteiger partial charge in [0.2, 0.25) is 0 Å². The topological polar surface area (TPSA) is 20.2 Å². The van der Waals surface area contributed by atoms with Crippen LogP contribution in [0.25, 0.3) is 0 Å². The number of rotatable bonds is 3. The van der Waals surface area contributed by atoms with Gasteiger partial charge in [-0.15, -0.1) is 0 Å². The first-order valence-corrected chi connectivity index (χ1v) is 6.45. The van der Waals surface area contributed by atoms with E-state index in [1.807, 2.05) is 0 Å². The van der Waals surface area contributed by atoms with Crippen LogP contribution in [-0.2, 0) is 0 Å². The largest absolute Gasteiger partial charge is 0.389 e. The van der Waals surface area contributed by atoms with Gasteiger partial charge >= 0.3 is 0 Å². The van der Waals surface area contributed by atoms with Crippen molar-refractivity contribution in [1.29, 1.82) is 0 Å². The molecule has 2 rings (SSSR count). The van der Waals surface area contributed by atoms with Crippen LogP contribution in [0, 0.1) is 5.41 Å². The molecule has 1 heteroatoms. The summed E-state index contributed by atoms with van der Waals surface area (Å²) in [5.74, 6) is 0. The third kappa shape index (κ3) is 1.50. The van der Waals surface area contributed by atoms with Crippen LogP contribution in [0.1, 0.15) is 71.1 Å². The molecule has 1 nitrogen and oxygen atoms in total. The van der Waals surface area contributed by atoms with Crippen molar-refractivity contribution >= 4 is 0 Å². The molecule has 0 aliphatic heterocycles. The maximum atomic E-state index is 10.8. The van der Waals surface area contributed by atoms with Gasteiger partial charge in [0.05, 0.1) is 5.60 Å². The Kier molecular flexibility index (Phi) is 2.88. The van der Waals surface area contributed by atoms with Crippen molar-refractivity contribution in [2.45, 2.75) is 76.7 Å². The highest BCUT2D eigenvalue weighted by Gasteiger charge is 2.53. The summed E-state index contributed by atoms with van der Waals surface area (Å²) in [7, 11) is 0. The first-order chi connectivity index (χ1) is 6.72. The Labute approximate surface area is 87.9 Å². The molecule has 2 aliphatic rings. The first-order valence-electron chi connectivity index (χ1n) is 6.45. The SMILES string of the molecule is CCCCC1(O)CCCC12CCCC2. The summed E-state index contributed by atoms with van der Waals surface area (Å²) in [4.78, 5) is 0. The molecule has 0 aromatic heterocycles. The zero-order valence-corrected chi connectivity index (χ0v) is 9.52. The quantitative estimate of drug-likeness (QED) is 0.730. The van der Waals surface area contributed by atoms with Crippen molar-refractivity contribution in [3.63, 3.8) is 0 Å². The monoisotopic (exact) mass is 196 g/mol. The molecule has 0 saturated heterocycles. The van der Waals surface area contributed by atoms with Crippen molar-refractivity contribution in [2.24, 2.45) is 5.41 Å². The molecule has 2 saturated carbocycles. The second-order valence-electron chi connectivity index (χ2n) is 5.48. The molecule has 1 atom stereocenters. The third-order valence-corrected chi connectivity index (χ3v) is 4.74. The molecule has 0 aromatic carbocycles.